The Kier molecular flexibility index (Phi) is 5.20. The second kappa shape index (κ2) is 7.89. The summed E-state index contributed by atoms with van der Waals surface area (Å²) in [5.74, 6) is 1.28. The molecule has 0 spiro atoms. The highest BCUT2D eigenvalue weighted by atomic mass is 19.3. The molecule has 1 saturated carbocycles. The third kappa shape index (κ3) is 3.93. The number of aromatic nitrogens is 5. The van der Waals surface area contributed by atoms with Crippen LogP contribution < -0.4 is 0 Å². The van der Waals surface area contributed by atoms with Crippen molar-refractivity contribution in [2.24, 2.45) is 5.92 Å². The van der Waals surface area contributed by atoms with Gasteiger partial charge in [-0.05, 0) is 69.3 Å². The molecule has 0 amide bonds. The molecule has 31 heavy (non-hydrogen) atoms. The maximum atomic E-state index is 13.5. The van der Waals surface area contributed by atoms with Crippen LogP contribution in [0, 0.1) is 12.8 Å². The van der Waals surface area contributed by atoms with Crippen LogP contribution in [-0.4, -0.2) is 42.6 Å². The number of rotatable bonds is 5. The molecule has 4 heterocycles. The summed E-state index contributed by atoms with van der Waals surface area (Å²) in [5, 5.41) is 4.28. The third-order valence-electron chi connectivity index (χ3n) is 6.91. The van der Waals surface area contributed by atoms with Gasteiger partial charge in [0.25, 0.3) is 12.2 Å². The van der Waals surface area contributed by atoms with Crippen LogP contribution in [0.3, 0.4) is 0 Å². The first kappa shape index (κ1) is 20.4. The summed E-state index contributed by atoms with van der Waals surface area (Å²) < 4.78 is 28.6. The fourth-order valence-corrected chi connectivity index (χ4v) is 4.82. The molecule has 5 rings (SSSR count). The lowest BCUT2D eigenvalue weighted by Gasteiger charge is -2.40. The average molecular weight is 427 g/mol. The van der Waals surface area contributed by atoms with E-state index in [4.69, 9.17) is 4.98 Å². The Hall–Kier alpha value is -2.48. The summed E-state index contributed by atoms with van der Waals surface area (Å²) in [6, 6.07) is 6.19. The maximum absolute atomic E-state index is 13.5. The first-order chi connectivity index (χ1) is 14.9. The number of hydrogen-bond acceptors (Lipinski definition) is 5. The molecule has 0 aromatic carbocycles. The number of hydrogen-bond donors (Lipinski definition) is 0. The quantitative estimate of drug-likeness (QED) is 0.585. The molecule has 0 bridgehead atoms. The highest BCUT2D eigenvalue weighted by Gasteiger charge is 2.33. The lowest BCUT2D eigenvalue weighted by atomic mass is 9.83. The van der Waals surface area contributed by atoms with E-state index in [1.54, 1.807) is 4.52 Å². The number of likely N-dealkylation sites (tertiary alicyclic amines) is 1. The van der Waals surface area contributed by atoms with Crippen LogP contribution in [0.5, 0.6) is 0 Å². The Balaban J connectivity index is 1.46. The summed E-state index contributed by atoms with van der Waals surface area (Å²) >= 11 is 0. The van der Waals surface area contributed by atoms with Gasteiger partial charge in [-0.15, -0.1) is 0 Å². The molecular formula is C23H28F2N6. The topological polar surface area (TPSA) is 59.2 Å². The van der Waals surface area contributed by atoms with Crippen LogP contribution in [0.15, 0.2) is 24.5 Å². The lowest BCUT2D eigenvalue weighted by Crippen LogP contribution is -2.40. The molecule has 3 aromatic heterocycles. The van der Waals surface area contributed by atoms with Crippen molar-refractivity contribution >= 4 is 5.78 Å². The number of fused-ring (bicyclic) bond motifs is 1. The summed E-state index contributed by atoms with van der Waals surface area (Å²) in [7, 11) is 0. The first-order valence-corrected chi connectivity index (χ1v) is 11.1. The third-order valence-corrected chi connectivity index (χ3v) is 6.91. The van der Waals surface area contributed by atoms with E-state index in [1.165, 1.54) is 36.5 Å². The van der Waals surface area contributed by atoms with E-state index in [0.717, 1.165) is 30.9 Å². The summed E-state index contributed by atoms with van der Waals surface area (Å²) in [6.45, 7) is 8.25. The van der Waals surface area contributed by atoms with Gasteiger partial charge in [-0.2, -0.15) is 10.1 Å². The molecule has 2 fully saturated rings. The second-order valence-corrected chi connectivity index (χ2v) is 9.16. The molecule has 164 valence electrons. The highest BCUT2D eigenvalue weighted by Crippen LogP contribution is 2.41. The fourth-order valence-electron chi connectivity index (χ4n) is 4.82. The molecule has 0 radical (unpaired) electrons. The molecule has 0 unspecified atom stereocenters. The smallest absolute Gasteiger partial charge is 0.280 e. The second-order valence-electron chi connectivity index (χ2n) is 9.16. The Labute approximate surface area is 180 Å². The van der Waals surface area contributed by atoms with Crippen molar-refractivity contribution in [2.45, 2.75) is 64.3 Å². The molecule has 1 aliphatic carbocycles. The van der Waals surface area contributed by atoms with Gasteiger partial charge in [0.15, 0.2) is 0 Å². The lowest BCUT2D eigenvalue weighted by molar-refractivity contribution is 0.123. The Morgan fingerprint density at radius 3 is 2.65 bits per heavy atom. The minimum Gasteiger partial charge on any atom is -0.296 e. The van der Waals surface area contributed by atoms with Gasteiger partial charge in [0.2, 0.25) is 0 Å². The molecule has 6 nitrogen and oxygen atoms in total. The van der Waals surface area contributed by atoms with E-state index in [9.17, 15) is 8.78 Å². The van der Waals surface area contributed by atoms with Crippen LogP contribution in [0.25, 0.3) is 5.78 Å². The van der Waals surface area contributed by atoms with Gasteiger partial charge < -0.3 is 0 Å². The van der Waals surface area contributed by atoms with Gasteiger partial charge in [0.05, 0.1) is 5.69 Å². The fraction of sp³-hybridized carbons (Fsp3) is 0.565. The van der Waals surface area contributed by atoms with E-state index in [2.05, 4.69) is 52.9 Å². The monoisotopic (exact) mass is 426 g/mol. The zero-order valence-corrected chi connectivity index (χ0v) is 18.2. The molecule has 8 heteroatoms. The molecule has 2 aliphatic rings. The molecule has 0 N–H and O–H groups in total. The normalized spacial score (nSPS) is 23.5. The van der Waals surface area contributed by atoms with Crippen LogP contribution in [0.2, 0.25) is 0 Å². The predicted molar refractivity (Wildman–Crippen MR) is 113 cm³/mol. The number of alkyl halides is 2. The number of aryl methyl sites for hydroxylation is 1. The van der Waals surface area contributed by atoms with Gasteiger partial charge in [-0.3, -0.25) is 9.88 Å². The number of nitrogens with zero attached hydrogens (tertiary/aromatic N) is 6. The Bertz CT molecular complexity index is 1090. The van der Waals surface area contributed by atoms with Crippen LogP contribution >= 0.6 is 0 Å². The Morgan fingerprint density at radius 1 is 1.10 bits per heavy atom. The molecule has 1 saturated heterocycles. The van der Waals surface area contributed by atoms with Gasteiger partial charge >= 0.3 is 0 Å². The van der Waals surface area contributed by atoms with Gasteiger partial charge in [-0.1, -0.05) is 6.92 Å². The van der Waals surface area contributed by atoms with E-state index in [-0.39, 0.29) is 23.4 Å². The minimum absolute atomic E-state index is 0.0757. The van der Waals surface area contributed by atoms with Crippen LogP contribution in [-0.2, 0) is 0 Å². The van der Waals surface area contributed by atoms with Gasteiger partial charge in [-0.25, -0.2) is 18.3 Å². The number of halogens is 2. The van der Waals surface area contributed by atoms with Crippen LogP contribution in [0.4, 0.5) is 8.78 Å². The SMILES string of the molecule is Cc1cc([C@@H](C)N2CC[C@@H](C)[C@H](c3cc(C(F)F)nc4ncnn34)C2)cc(C2CC2)n1. The first-order valence-electron chi connectivity index (χ1n) is 11.1. The zero-order valence-electron chi connectivity index (χ0n) is 18.2. The molecule has 3 atom stereocenters. The number of piperidine rings is 1. The minimum atomic E-state index is -2.63. The van der Waals surface area contributed by atoms with E-state index < -0.39 is 6.43 Å². The molecule has 3 aromatic rings. The maximum Gasteiger partial charge on any atom is 0.280 e. The van der Waals surface area contributed by atoms with E-state index in [1.807, 2.05) is 0 Å². The standard InChI is InChI=1S/C23H28F2N6/c1-13-6-7-30(15(3)17-8-14(2)28-19(9-17)16-4-5-16)11-18(13)21-10-20(22(24)25)29-23-26-12-27-31(21)23/h8-10,12-13,15-16,18,22H,4-7,11H2,1-3H3/t13-,15-,18-/m1/s1. The molecule has 1 aliphatic heterocycles. The summed E-state index contributed by atoms with van der Waals surface area (Å²) in [6.07, 6.45) is 2.21. The van der Waals surface area contributed by atoms with Crippen molar-refractivity contribution in [1.82, 2.24) is 29.5 Å². The van der Waals surface area contributed by atoms with Crippen molar-refractivity contribution in [2.75, 3.05) is 13.1 Å². The van der Waals surface area contributed by atoms with Crippen molar-refractivity contribution in [3.8, 4) is 0 Å². The van der Waals surface area contributed by atoms with Crippen LogP contribution in [0.1, 0.15) is 85.8 Å². The van der Waals surface area contributed by atoms with Gasteiger partial charge in [0.1, 0.15) is 12.0 Å². The van der Waals surface area contributed by atoms with E-state index >= 15 is 0 Å². The largest absolute Gasteiger partial charge is 0.296 e. The van der Waals surface area contributed by atoms with Gasteiger partial charge in [0, 0.05) is 35.8 Å². The number of pyridine rings is 1. The molecular weight excluding hydrogens is 398 g/mol. The Morgan fingerprint density at radius 2 is 1.90 bits per heavy atom. The zero-order chi connectivity index (χ0) is 21.7. The van der Waals surface area contributed by atoms with Crippen molar-refractivity contribution < 1.29 is 8.78 Å². The predicted octanol–water partition coefficient (Wildman–Crippen LogP) is 4.83. The highest BCUT2D eigenvalue weighted by molar-refractivity contribution is 5.33. The average Bonchev–Trinajstić information content (AvgIpc) is 3.49. The van der Waals surface area contributed by atoms with E-state index in [0.29, 0.717) is 11.8 Å². The van der Waals surface area contributed by atoms with Crippen molar-refractivity contribution in [3.63, 3.8) is 0 Å². The van der Waals surface area contributed by atoms with Crippen molar-refractivity contribution in [3.05, 3.63) is 52.9 Å². The van der Waals surface area contributed by atoms with Crippen molar-refractivity contribution in [1.29, 1.82) is 0 Å². The summed E-state index contributed by atoms with van der Waals surface area (Å²) in [5.41, 5.74) is 4.10. The summed E-state index contributed by atoms with van der Waals surface area (Å²) in [4.78, 5) is 15.2.